The molecule has 4 atom stereocenters. The van der Waals surface area contributed by atoms with Gasteiger partial charge in [-0.25, -0.2) is 4.79 Å². The van der Waals surface area contributed by atoms with Crippen molar-refractivity contribution in [1.82, 2.24) is 10.2 Å². The Hall–Kier alpha value is -3.51. The van der Waals surface area contributed by atoms with Gasteiger partial charge in [0.15, 0.2) is 0 Å². The maximum atomic E-state index is 11.6. The maximum absolute atomic E-state index is 11.6. The van der Waals surface area contributed by atoms with E-state index in [0.717, 1.165) is 30.8 Å². The molecule has 1 saturated heterocycles. The van der Waals surface area contributed by atoms with Gasteiger partial charge in [0.05, 0.1) is 5.56 Å². The number of carbonyl (C=O) groups is 1. The third-order valence-electron chi connectivity index (χ3n) is 8.14. The molecule has 4 aromatic rings. The number of hydrogen-bond donors (Lipinski definition) is 3. The zero-order valence-corrected chi connectivity index (χ0v) is 22.3. The minimum Gasteiger partial charge on any atom is -0.478 e. The fourth-order valence-electron chi connectivity index (χ4n) is 6.00. The molecular formula is C33H36N2O3. The lowest BCUT2D eigenvalue weighted by Crippen LogP contribution is -2.31. The van der Waals surface area contributed by atoms with Gasteiger partial charge in [-0.15, -0.1) is 0 Å². The van der Waals surface area contributed by atoms with Crippen molar-refractivity contribution >= 4 is 16.7 Å². The van der Waals surface area contributed by atoms with E-state index in [2.05, 4.69) is 83.9 Å². The SMILES string of the molecule is Cc1cc(C(O)N2CC(CN[C@H](C)c3cccc4ccccc34)C(c3ccccc3)C2)c(C)cc1C(=O)O. The predicted molar refractivity (Wildman–Crippen MR) is 152 cm³/mol. The zero-order chi connectivity index (χ0) is 26.8. The molecule has 5 heteroatoms. The zero-order valence-electron chi connectivity index (χ0n) is 22.3. The van der Waals surface area contributed by atoms with Gasteiger partial charge in [0, 0.05) is 31.6 Å². The first-order chi connectivity index (χ1) is 18.3. The second-order valence-corrected chi connectivity index (χ2v) is 10.6. The van der Waals surface area contributed by atoms with Crippen molar-refractivity contribution in [3.8, 4) is 0 Å². The number of aryl methyl sites for hydroxylation is 2. The minimum atomic E-state index is -0.941. The van der Waals surface area contributed by atoms with Gasteiger partial charge >= 0.3 is 5.97 Å². The molecule has 0 radical (unpaired) electrons. The normalized spacial score (nSPS) is 19.5. The van der Waals surface area contributed by atoms with Crippen LogP contribution in [0, 0.1) is 19.8 Å². The third kappa shape index (κ3) is 5.23. The second kappa shape index (κ2) is 11.1. The van der Waals surface area contributed by atoms with Crippen LogP contribution in [0.4, 0.5) is 0 Å². The number of fused-ring (bicyclic) bond motifs is 1. The standard InChI is InChI=1S/C33H36N2O3/c1-21-17-30(33(37)38)22(2)16-29(21)32(36)35-19-26(31(20-35)25-10-5-4-6-11-25)18-34-23(3)27-15-9-13-24-12-7-8-14-28(24)27/h4-17,23,26,31-32,34,36H,18-20H2,1-3H3,(H,37,38)/t23-,26?,31?,32?/m1/s1. The van der Waals surface area contributed by atoms with Crippen LogP contribution in [0.5, 0.6) is 0 Å². The van der Waals surface area contributed by atoms with Crippen LogP contribution in [0.15, 0.2) is 84.9 Å². The maximum Gasteiger partial charge on any atom is 0.335 e. The van der Waals surface area contributed by atoms with Gasteiger partial charge in [-0.2, -0.15) is 0 Å². The van der Waals surface area contributed by atoms with Crippen LogP contribution in [0.1, 0.15) is 63.3 Å². The molecule has 1 heterocycles. The first-order valence-electron chi connectivity index (χ1n) is 13.4. The lowest BCUT2D eigenvalue weighted by Gasteiger charge is -2.26. The van der Waals surface area contributed by atoms with E-state index >= 15 is 0 Å². The first kappa shape index (κ1) is 26.1. The Kier molecular flexibility index (Phi) is 7.61. The van der Waals surface area contributed by atoms with E-state index in [4.69, 9.17) is 0 Å². The molecule has 3 unspecified atom stereocenters. The summed E-state index contributed by atoms with van der Waals surface area (Å²) in [5, 5.41) is 27.3. The summed E-state index contributed by atoms with van der Waals surface area (Å²) in [4.78, 5) is 13.7. The van der Waals surface area contributed by atoms with Crippen molar-refractivity contribution in [3.63, 3.8) is 0 Å². The summed E-state index contributed by atoms with van der Waals surface area (Å²) in [6.45, 7) is 8.19. The highest BCUT2D eigenvalue weighted by atomic mass is 16.4. The Morgan fingerprint density at radius 3 is 2.39 bits per heavy atom. The summed E-state index contributed by atoms with van der Waals surface area (Å²) >= 11 is 0. The summed E-state index contributed by atoms with van der Waals surface area (Å²) < 4.78 is 0. The molecular weight excluding hydrogens is 472 g/mol. The number of hydrogen-bond acceptors (Lipinski definition) is 4. The van der Waals surface area contributed by atoms with Crippen LogP contribution in [-0.2, 0) is 0 Å². The Morgan fingerprint density at radius 1 is 0.921 bits per heavy atom. The van der Waals surface area contributed by atoms with E-state index in [1.807, 2.05) is 19.1 Å². The summed E-state index contributed by atoms with van der Waals surface area (Å²) in [6.07, 6.45) is -0.789. The summed E-state index contributed by atoms with van der Waals surface area (Å²) in [5.41, 5.74) is 5.09. The fourth-order valence-corrected chi connectivity index (χ4v) is 6.00. The highest BCUT2D eigenvalue weighted by Gasteiger charge is 2.37. The number of aromatic carboxylic acids is 1. The lowest BCUT2D eigenvalue weighted by molar-refractivity contribution is 0.0151. The molecule has 1 aliphatic heterocycles. The number of aliphatic hydroxyl groups excluding tert-OH is 1. The number of nitrogens with one attached hydrogen (secondary N) is 1. The number of rotatable bonds is 8. The molecule has 0 bridgehead atoms. The van der Waals surface area contributed by atoms with Crippen LogP contribution >= 0.6 is 0 Å². The van der Waals surface area contributed by atoms with Gasteiger partial charge in [-0.05, 0) is 71.3 Å². The molecule has 0 aliphatic carbocycles. The first-order valence-corrected chi connectivity index (χ1v) is 13.4. The molecule has 5 rings (SSSR count). The molecule has 0 aromatic heterocycles. The van der Waals surface area contributed by atoms with Crippen LogP contribution in [0.3, 0.4) is 0 Å². The van der Waals surface area contributed by atoms with E-state index in [-0.39, 0.29) is 17.5 Å². The van der Waals surface area contributed by atoms with Crippen LogP contribution in [-0.4, -0.2) is 40.7 Å². The highest BCUT2D eigenvalue weighted by Crippen LogP contribution is 2.38. The number of benzene rings is 4. The van der Waals surface area contributed by atoms with Gasteiger partial charge in [0.25, 0.3) is 0 Å². The number of aliphatic hydroxyl groups is 1. The summed E-state index contributed by atoms with van der Waals surface area (Å²) in [6, 6.07) is 29.2. The molecule has 0 spiro atoms. The van der Waals surface area contributed by atoms with Crippen molar-refractivity contribution < 1.29 is 15.0 Å². The molecule has 0 amide bonds. The lowest BCUT2D eigenvalue weighted by atomic mass is 9.88. The molecule has 38 heavy (non-hydrogen) atoms. The van der Waals surface area contributed by atoms with Gasteiger partial charge in [0.1, 0.15) is 6.23 Å². The minimum absolute atomic E-state index is 0.185. The van der Waals surface area contributed by atoms with E-state index in [0.29, 0.717) is 11.5 Å². The van der Waals surface area contributed by atoms with Crippen molar-refractivity contribution in [2.45, 2.75) is 39.0 Å². The van der Waals surface area contributed by atoms with Gasteiger partial charge < -0.3 is 15.5 Å². The number of carboxylic acid groups (broad SMARTS) is 1. The quantitative estimate of drug-likeness (QED) is 0.264. The van der Waals surface area contributed by atoms with Crippen molar-refractivity contribution in [2.75, 3.05) is 19.6 Å². The Morgan fingerprint density at radius 2 is 1.63 bits per heavy atom. The summed E-state index contributed by atoms with van der Waals surface area (Å²) in [7, 11) is 0. The fraction of sp³-hybridized carbons (Fsp3) is 0.303. The molecule has 0 saturated carbocycles. The Labute approximate surface area is 224 Å². The van der Waals surface area contributed by atoms with Gasteiger partial charge in [-0.1, -0.05) is 78.9 Å². The van der Waals surface area contributed by atoms with E-state index in [1.165, 1.54) is 21.9 Å². The average molecular weight is 509 g/mol. The molecule has 1 aliphatic rings. The average Bonchev–Trinajstić information content (AvgIpc) is 3.36. The van der Waals surface area contributed by atoms with Crippen LogP contribution < -0.4 is 5.32 Å². The topological polar surface area (TPSA) is 72.8 Å². The number of carboxylic acids is 1. The van der Waals surface area contributed by atoms with Crippen LogP contribution in [0.2, 0.25) is 0 Å². The van der Waals surface area contributed by atoms with E-state index in [9.17, 15) is 15.0 Å². The third-order valence-corrected chi connectivity index (χ3v) is 8.14. The van der Waals surface area contributed by atoms with Crippen molar-refractivity contribution in [1.29, 1.82) is 0 Å². The predicted octanol–water partition coefficient (Wildman–Crippen LogP) is 6.21. The van der Waals surface area contributed by atoms with Gasteiger partial charge in [-0.3, -0.25) is 4.90 Å². The van der Waals surface area contributed by atoms with Gasteiger partial charge in [0.2, 0.25) is 0 Å². The van der Waals surface area contributed by atoms with Crippen molar-refractivity contribution in [3.05, 3.63) is 118 Å². The molecule has 1 fully saturated rings. The van der Waals surface area contributed by atoms with Crippen molar-refractivity contribution in [2.24, 2.45) is 5.92 Å². The Bertz CT molecular complexity index is 1430. The largest absolute Gasteiger partial charge is 0.478 e. The smallest absolute Gasteiger partial charge is 0.335 e. The monoisotopic (exact) mass is 508 g/mol. The highest BCUT2D eigenvalue weighted by molar-refractivity contribution is 5.89. The molecule has 196 valence electrons. The van der Waals surface area contributed by atoms with E-state index < -0.39 is 12.2 Å². The molecule has 3 N–H and O–H groups in total. The Balaban J connectivity index is 1.37. The van der Waals surface area contributed by atoms with E-state index in [1.54, 1.807) is 13.0 Å². The number of likely N-dealkylation sites (tertiary alicyclic amines) is 1. The van der Waals surface area contributed by atoms with Crippen LogP contribution in [0.25, 0.3) is 10.8 Å². The second-order valence-electron chi connectivity index (χ2n) is 10.6. The number of nitrogens with zero attached hydrogens (tertiary/aromatic N) is 1. The molecule has 5 nitrogen and oxygen atoms in total. The summed E-state index contributed by atoms with van der Waals surface area (Å²) in [5.74, 6) is -0.356. The molecule has 4 aromatic carbocycles.